The zero-order valence-electron chi connectivity index (χ0n) is 21.3. The highest BCUT2D eigenvalue weighted by Crippen LogP contribution is 2.08. The lowest BCUT2D eigenvalue weighted by atomic mass is 10.1. The van der Waals surface area contributed by atoms with E-state index < -0.39 is 35.4 Å². The van der Waals surface area contributed by atoms with Gasteiger partial charge in [0.05, 0.1) is 7.11 Å². The van der Waals surface area contributed by atoms with Gasteiger partial charge in [0.1, 0.15) is 17.2 Å². The number of esters is 1. The van der Waals surface area contributed by atoms with E-state index in [0.717, 1.165) is 12.8 Å². The zero-order valence-corrected chi connectivity index (χ0v) is 21.3. The molecule has 0 aliphatic heterocycles. The molecule has 0 heterocycles. The third-order valence-electron chi connectivity index (χ3n) is 4.16. The number of carbonyl (C=O) groups is 4. The van der Waals surface area contributed by atoms with Crippen molar-refractivity contribution in [1.82, 2.24) is 16.0 Å². The van der Waals surface area contributed by atoms with E-state index >= 15 is 0 Å². The van der Waals surface area contributed by atoms with Crippen molar-refractivity contribution in [3.8, 4) is 0 Å². The number of ether oxygens (including phenoxy) is 3. The molecule has 3 N–H and O–H groups in total. The van der Waals surface area contributed by atoms with E-state index in [4.69, 9.17) is 14.2 Å². The van der Waals surface area contributed by atoms with Gasteiger partial charge in [0.15, 0.2) is 0 Å². The minimum absolute atomic E-state index is 0.225. The van der Waals surface area contributed by atoms with Gasteiger partial charge >= 0.3 is 18.2 Å². The Bertz CT molecular complexity index is 625. The first-order valence-corrected chi connectivity index (χ1v) is 11.5. The molecule has 0 saturated carbocycles. The molecule has 33 heavy (non-hydrogen) atoms. The van der Waals surface area contributed by atoms with Crippen LogP contribution in [0, 0.1) is 0 Å². The molecule has 0 aromatic carbocycles. The van der Waals surface area contributed by atoms with Gasteiger partial charge in [-0.3, -0.25) is 4.79 Å². The molecular formula is C23H43N3O7. The van der Waals surface area contributed by atoms with Crippen molar-refractivity contribution in [2.45, 2.75) is 104 Å². The summed E-state index contributed by atoms with van der Waals surface area (Å²) in [4.78, 5) is 47.4. The summed E-state index contributed by atoms with van der Waals surface area (Å²) in [7, 11) is 1.28. The lowest BCUT2D eigenvalue weighted by molar-refractivity contribution is -0.145. The Hall–Kier alpha value is -2.52. The lowest BCUT2D eigenvalue weighted by Gasteiger charge is -2.20. The molecule has 0 spiro atoms. The summed E-state index contributed by atoms with van der Waals surface area (Å²) >= 11 is 0. The highest BCUT2D eigenvalue weighted by molar-refractivity contribution is 5.84. The van der Waals surface area contributed by atoms with Crippen molar-refractivity contribution in [2.75, 3.05) is 20.2 Å². The van der Waals surface area contributed by atoms with Crippen LogP contribution in [0.5, 0.6) is 0 Å². The highest BCUT2D eigenvalue weighted by atomic mass is 16.6. The molecule has 0 bridgehead atoms. The lowest BCUT2D eigenvalue weighted by Crippen LogP contribution is -2.41. The van der Waals surface area contributed by atoms with Crippen LogP contribution in [0.15, 0.2) is 0 Å². The minimum atomic E-state index is -0.724. The van der Waals surface area contributed by atoms with Crippen LogP contribution in [0.4, 0.5) is 9.59 Å². The van der Waals surface area contributed by atoms with Crippen LogP contribution in [-0.4, -0.2) is 61.5 Å². The minimum Gasteiger partial charge on any atom is -0.467 e. The molecule has 10 heteroatoms. The maximum absolute atomic E-state index is 12.2. The topological polar surface area (TPSA) is 132 Å². The van der Waals surface area contributed by atoms with Gasteiger partial charge in [0.25, 0.3) is 0 Å². The third-order valence-corrected chi connectivity index (χ3v) is 4.16. The van der Waals surface area contributed by atoms with E-state index in [1.54, 1.807) is 41.5 Å². The Morgan fingerprint density at radius 2 is 1.21 bits per heavy atom. The molecule has 0 aromatic heterocycles. The summed E-state index contributed by atoms with van der Waals surface area (Å²) in [6, 6.07) is -0.724. The van der Waals surface area contributed by atoms with Gasteiger partial charge in [-0.05, 0) is 73.6 Å². The number of amides is 3. The van der Waals surface area contributed by atoms with E-state index in [0.29, 0.717) is 38.8 Å². The van der Waals surface area contributed by atoms with Gasteiger partial charge in [0.2, 0.25) is 5.91 Å². The maximum atomic E-state index is 12.2. The summed E-state index contributed by atoms with van der Waals surface area (Å²) in [5, 5.41) is 8.06. The summed E-state index contributed by atoms with van der Waals surface area (Å²) in [6.45, 7) is 11.6. The first-order chi connectivity index (χ1) is 15.2. The molecule has 0 rings (SSSR count). The molecule has 3 amide bonds. The van der Waals surface area contributed by atoms with E-state index in [-0.39, 0.29) is 12.3 Å². The summed E-state index contributed by atoms with van der Waals surface area (Å²) < 4.78 is 15.1. The van der Waals surface area contributed by atoms with Gasteiger partial charge in [0, 0.05) is 19.5 Å². The number of unbranched alkanes of at least 4 members (excludes halogenated alkanes) is 3. The largest absolute Gasteiger partial charge is 0.467 e. The van der Waals surface area contributed by atoms with Crippen molar-refractivity contribution in [3.05, 3.63) is 0 Å². The standard InChI is InChI=1S/C23H43N3O7/c1-22(2,3)32-20(29)24-15-11-8-9-14-18(27)26-17(19(28)31-7)13-10-12-16-25-21(30)33-23(4,5)6/h17H,8-16H2,1-7H3,(H,24,29)(H,25,30)(H,26,27)/t17-/m0/s1. The predicted octanol–water partition coefficient (Wildman–Crippen LogP) is 3.42. The molecule has 192 valence electrons. The average molecular weight is 474 g/mol. The van der Waals surface area contributed by atoms with Crippen molar-refractivity contribution < 1.29 is 33.4 Å². The van der Waals surface area contributed by atoms with Crippen LogP contribution in [0.1, 0.15) is 86.5 Å². The Morgan fingerprint density at radius 3 is 1.67 bits per heavy atom. The fraction of sp³-hybridized carbons (Fsp3) is 0.826. The number of hydrogen-bond donors (Lipinski definition) is 3. The van der Waals surface area contributed by atoms with Gasteiger partial charge < -0.3 is 30.2 Å². The van der Waals surface area contributed by atoms with Gasteiger partial charge in [-0.15, -0.1) is 0 Å². The molecule has 0 saturated heterocycles. The molecule has 0 aliphatic carbocycles. The number of rotatable bonds is 13. The Balaban J connectivity index is 4.09. The smallest absolute Gasteiger partial charge is 0.407 e. The summed E-state index contributed by atoms with van der Waals surface area (Å²) in [6.07, 6.45) is 3.10. The zero-order chi connectivity index (χ0) is 25.5. The van der Waals surface area contributed by atoms with Crippen molar-refractivity contribution in [1.29, 1.82) is 0 Å². The molecule has 0 unspecified atom stereocenters. The van der Waals surface area contributed by atoms with Crippen LogP contribution >= 0.6 is 0 Å². The van der Waals surface area contributed by atoms with E-state index in [1.807, 2.05) is 0 Å². The van der Waals surface area contributed by atoms with Crippen LogP contribution in [0.2, 0.25) is 0 Å². The first kappa shape index (κ1) is 30.5. The van der Waals surface area contributed by atoms with E-state index in [1.165, 1.54) is 7.11 Å². The average Bonchev–Trinajstić information content (AvgIpc) is 2.66. The number of methoxy groups -OCH3 is 1. The van der Waals surface area contributed by atoms with Crippen molar-refractivity contribution in [2.24, 2.45) is 0 Å². The second-order valence-electron chi connectivity index (χ2n) is 9.81. The first-order valence-electron chi connectivity index (χ1n) is 11.5. The molecule has 0 aromatic rings. The summed E-state index contributed by atoms with van der Waals surface area (Å²) in [5.74, 6) is -0.720. The Morgan fingerprint density at radius 1 is 0.727 bits per heavy atom. The van der Waals surface area contributed by atoms with Crippen LogP contribution < -0.4 is 16.0 Å². The fourth-order valence-corrected chi connectivity index (χ4v) is 2.73. The highest BCUT2D eigenvalue weighted by Gasteiger charge is 2.21. The van der Waals surface area contributed by atoms with Crippen LogP contribution in [-0.2, 0) is 23.8 Å². The van der Waals surface area contributed by atoms with Gasteiger partial charge in [-0.1, -0.05) is 6.42 Å². The predicted molar refractivity (Wildman–Crippen MR) is 125 cm³/mol. The number of carbonyl (C=O) groups excluding carboxylic acids is 4. The van der Waals surface area contributed by atoms with Crippen molar-refractivity contribution in [3.63, 3.8) is 0 Å². The number of alkyl carbamates (subject to hydrolysis) is 2. The number of hydrogen-bond acceptors (Lipinski definition) is 7. The Labute approximate surface area is 197 Å². The fourth-order valence-electron chi connectivity index (χ4n) is 2.73. The second kappa shape index (κ2) is 15.3. The summed E-state index contributed by atoms with van der Waals surface area (Å²) in [5.41, 5.74) is -1.09. The molecule has 0 radical (unpaired) electrons. The normalized spacial score (nSPS) is 12.3. The van der Waals surface area contributed by atoms with Crippen LogP contribution in [0.25, 0.3) is 0 Å². The third kappa shape index (κ3) is 18.7. The van der Waals surface area contributed by atoms with E-state index in [2.05, 4.69) is 16.0 Å². The molecule has 0 aliphatic rings. The number of nitrogens with one attached hydrogen (secondary N) is 3. The molecular weight excluding hydrogens is 430 g/mol. The molecule has 1 atom stereocenters. The molecule has 10 nitrogen and oxygen atoms in total. The quantitative estimate of drug-likeness (QED) is 0.212. The maximum Gasteiger partial charge on any atom is 0.407 e. The van der Waals surface area contributed by atoms with Crippen molar-refractivity contribution >= 4 is 24.1 Å². The molecule has 0 fully saturated rings. The second-order valence-corrected chi connectivity index (χ2v) is 9.81. The SMILES string of the molecule is COC(=O)[C@H](CCCCNC(=O)OC(C)(C)C)NC(=O)CCCCCNC(=O)OC(C)(C)C. The van der Waals surface area contributed by atoms with Gasteiger partial charge in [-0.25, -0.2) is 14.4 Å². The van der Waals surface area contributed by atoms with E-state index in [9.17, 15) is 19.2 Å². The Kier molecular flexibility index (Phi) is 14.2. The van der Waals surface area contributed by atoms with Crippen LogP contribution in [0.3, 0.4) is 0 Å². The van der Waals surface area contributed by atoms with Gasteiger partial charge in [-0.2, -0.15) is 0 Å². The monoisotopic (exact) mass is 473 g/mol.